The Labute approximate surface area is 197 Å². The second kappa shape index (κ2) is 9.04. The maximum Gasteiger partial charge on any atom is 0.421 e. The minimum Gasteiger partial charge on any atom is -0.481 e. The van der Waals surface area contributed by atoms with Gasteiger partial charge in [0.05, 0.1) is 49.5 Å². The SMILES string of the molecule is COc1ncc(N2CCc3ncnc(O[C@H]4CCN(C(=O)c5cnco5)C4)c3C2)cc1C(F)(F)F. The Morgan fingerprint density at radius 2 is 2.03 bits per heavy atom. The summed E-state index contributed by atoms with van der Waals surface area (Å²) in [5.74, 6) is -0.225. The molecule has 0 radical (unpaired) electrons. The molecule has 0 unspecified atom stereocenters. The van der Waals surface area contributed by atoms with Crippen molar-refractivity contribution in [2.24, 2.45) is 0 Å². The van der Waals surface area contributed by atoms with Crippen LogP contribution in [0.5, 0.6) is 11.8 Å². The number of likely N-dealkylation sites (tertiary alicyclic amines) is 1. The first-order valence-electron chi connectivity index (χ1n) is 10.9. The van der Waals surface area contributed by atoms with Crippen LogP contribution >= 0.6 is 0 Å². The molecule has 2 aliphatic heterocycles. The first kappa shape index (κ1) is 22.9. The van der Waals surface area contributed by atoms with Crippen molar-refractivity contribution in [1.29, 1.82) is 0 Å². The van der Waals surface area contributed by atoms with Crippen LogP contribution in [0.4, 0.5) is 18.9 Å². The van der Waals surface area contributed by atoms with Gasteiger partial charge in [0.15, 0.2) is 6.39 Å². The van der Waals surface area contributed by atoms with Crippen molar-refractivity contribution in [1.82, 2.24) is 24.8 Å². The number of ether oxygens (including phenoxy) is 2. The topological polar surface area (TPSA) is 107 Å². The van der Waals surface area contributed by atoms with E-state index in [4.69, 9.17) is 13.9 Å². The quantitative estimate of drug-likeness (QED) is 0.534. The Kier molecular flexibility index (Phi) is 5.91. The molecule has 1 fully saturated rings. The third kappa shape index (κ3) is 4.57. The number of anilines is 1. The van der Waals surface area contributed by atoms with E-state index in [1.165, 1.54) is 25.1 Å². The monoisotopic (exact) mass is 490 g/mol. The number of halogens is 3. The summed E-state index contributed by atoms with van der Waals surface area (Å²) in [4.78, 5) is 32.1. The summed E-state index contributed by atoms with van der Waals surface area (Å²) in [5.41, 5.74) is 0.842. The molecule has 10 nitrogen and oxygen atoms in total. The van der Waals surface area contributed by atoms with E-state index in [9.17, 15) is 18.0 Å². The number of pyridine rings is 1. The predicted molar refractivity (Wildman–Crippen MR) is 114 cm³/mol. The molecule has 35 heavy (non-hydrogen) atoms. The van der Waals surface area contributed by atoms with Crippen LogP contribution in [0.15, 0.2) is 35.6 Å². The summed E-state index contributed by atoms with van der Waals surface area (Å²) in [6.45, 7) is 1.54. The van der Waals surface area contributed by atoms with E-state index in [-0.39, 0.29) is 24.3 Å². The highest BCUT2D eigenvalue weighted by Gasteiger charge is 2.37. The van der Waals surface area contributed by atoms with Gasteiger partial charge in [-0.05, 0) is 6.07 Å². The number of oxazole rings is 1. The number of hydrogen-bond donors (Lipinski definition) is 0. The fourth-order valence-corrected chi connectivity index (χ4v) is 4.26. The minimum atomic E-state index is -4.60. The molecule has 1 saturated heterocycles. The first-order chi connectivity index (χ1) is 16.8. The fourth-order valence-electron chi connectivity index (χ4n) is 4.26. The molecule has 5 rings (SSSR count). The lowest BCUT2D eigenvalue weighted by molar-refractivity contribution is -0.139. The second-order valence-electron chi connectivity index (χ2n) is 8.17. The number of hydrogen-bond acceptors (Lipinski definition) is 9. The highest BCUT2D eigenvalue weighted by Crippen LogP contribution is 2.38. The van der Waals surface area contributed by atoms with E-state index in [1.807, 2.05) is 0 Å². The van der Waals surface area contributed by atoms with Crippen LogP contribution < -0.4 is 14.4 Å². The van der Waals surface area contributed by atoms with Crippen LogP contribution in [0, 0.1) is 0 Å². The zero-order chi connectivity index (χ0) is 24.6. The summed E-state index contributed by atoms with van der Waals surface area (Å²) >= 11 is 0. The van der Waals surface area contributed by atoms with Gasteiger partial charge in [-0.1, -0.05) is 0 Å². The molecule has 1 amide bonds. The Bertz CT molecular complexity index is 1220. The summed E-state index contributed by atoms with van der Waals surface area (Å²) in [7, 11) is 1.15. The average molecular weight is 490 g/mol. The summed E-state index contributed by atoms with van der Waals surface area (Å²) in [6, 6.07) is 1.03. The second-order valence-corrected chi connectivity index (χ2v) is 8.17. The maximum atomic E-state index is 13.5. The average Bonchev–Trinajstić information content (AvgIpc) is 3.55. The first-order valence-corrected chi connectivity index (χ1v) is 10.9. The summed E-state index contributed by atoms with van der Waals surface area (Å²) in [5, 5.41) is 0. The molecule has 2 aliphatic rings. The summed E-state index contributed by atoms with van der Waals surface area (Å²) in [6.07, 6.45) is 1.53. The lowest BCUT2D eigenvalue weighted by Crippen LogP contribution is -2.33. The Morgan fingerprint density at radius 3 is 2.77 bits per heavy atom. The van der Waals surface area contributed by atoms with Crippen molar-refractivity contribution >= 4 is 11.6 Å². The minimum absolute atomic E-state index is 0.159. The molecule has 0 aliphatic carbocycles. The van der Waals surface area contributed by atoms with E-state index in [1.54, 1.807) is 9.80 Å². The molecule has 3 aromatic heterocycles. The predicted octanol–water partition coefficient (Wildman–Crippen LogP) is 2.74. The molecule has 1 atom stereocenters. The van der Waals surface area contributed by atoms with Gasteiger partial charge in [0, 0.05) is 25.9 Å². The van der Waals surface area contributed by atoms with E-state index < -0.39 is 17.6 Å². The van der Waals surface area contributed by atoms with Crippen LogP contribution in [0.1, 0.15) is 33.8 Å². The van der Waals surface area contributed by atoms with Crippen LogP contribution in [-0.2, 0) is 19.1 Å². The highest BCUT2D eigenvalue weighted by atomic mass is 19.4. The molecule has 0 bridgehead atoms. The van der Waals surface area contributed by atoms with Gasteiger partial charge in [-0.25, -0.2) is 19.9 Å². The fraction of sp³-hybridized carbons (Fsp3) is 0.409. The van der Waals surface area contributed by atoms with Gasteiger partial charge in [0.25, 0.3) is 5.91 Å². The van der Waals surface area contributed by atoms with Crippen LogP contribution in [0.25, 0.3) is 0 Å². The van der Waals surface area contributed by atoms with Crippen molar-refractivity contribution in [3.05, 3.63) is 53.8 Å². The van der Waals surface area contributed by atoms with Crippen molar-refractivity contribution in [2.75, 3.05) is 31.6 Å². The molecule has 5 heterocycles. The number of alkyl halides is 3. The number of carbonyl (C=O) groups is 1. The van der Waals surface area contributed by atoms with E-state index in [0.717, 1.165) is 18.9 Å². The smallest absolute Gasteiger partial charge is 0.421 e. The molecule has 0 N–H and O–H groups in total. The van der Waals surface area contributed by atoms with Gasteiger partial charge in [-0.2, -0.15) is 13.2 Å². The van der Waals surface area contributed by atoms with E-state index in [2.05, 4.69) is 19.9 Å². The van der Waals surface area contributed by atoms with Crippen LogP contribution in [0.2, 0.25) is 0 Å². The van der Waals surface area contributed by atoms with E-state index >= 15 is 0 Å². The number of fused-ring (bicyclic) bond motifs is 1. The third-order valence-corrected chi connectivity index (χ3v) is 6.02. The molecular formula is C22H21F3N6O4. The molecule has 0 spiro atoms. The van der Waals surface area contributed by atoms with E-state index in [0.29, 0.717) is 49.6 Å². The molecule has 184 valence electrons. The van der Waals surface area contributed by atoms with Gasteiger partial charge in [-0.15, -0.1) is 0 Å². The highest BCUT2D eigenvalue weighted by molar-refractivity contribution is 5.91. The largest absolute Gasteiger partial charge is 0.481 e. The number of methoxy groups -OCH3 is 1. The number of amides is 1. The lowest BCUT2D eigenvalue weighted by atomic mass is 10.1. The Hall–Kier alpha value is -3.90. The number of carbonyl (C=O) groups excluding carboxylic acids is 1. The van der Waals surface area contributed by atoms with Crippen molar-refractivity contribution < 1.29 is 31.9 Å². The Balaban J connectivity index is 1.33. The van der Waals surface area contributed by atoms with Gasteiger partial charge in [-0.3, -0.25) is 4.79 Å². The zero-order valence-electron chi connectivity index (χ0n) is 18.7. The maximum absolute atomic E-state index is 13.5. The lowest BCUT2D eigenvalue weighted by Gasteiger charge is -2.31. The van der Waals surface area contributed by atoms with Crippen LogP contribution in [0.3, 0.4) is 0 Å². The van der Waals surface area contributed by atoms with Gasteiger partial charge >= 0.3 is 6.18 Å². The summed E-state index contributed by atoms with van der Waals surface area (Å²) < 4.78 is 56.4. The standard InChI is InChI=1S/C22H21F3N6O4/c1-33-20-16(22(23,24)25)6-13(7-27-20)30-5-3-17-15(10-30)19(29-11-28-17)35-14-2-4-31(9-14)21(32)18-8-26-12-34-18/h6-8,11-12,14H,2-5,9-10H2,1H3/t14-/m0/s1. The van der Waals surface area contributed by atoms with Crippen LogP contribution in [-0.4, -0.2) is 63.6 Å². The Morgan fingerprint density at radius 1 is 1.17 bits per heavy atom. The number of nitrogens with zero attached hydrogens (tertiary/aromatic N) is 6. The van der Waals surface area contributed by atoms with Crippen molar-refractivity contribution in [2.45, 2.75) is 31.7 Å². The molecule has 13 heteroatoms. The van der Waals surface area contributed by atoms with Crippen molar-refractivity contribution in [3.8, 4) is 11.8 Å². The number of rotatable bonds is 5. The van der Waals surface area contributed by atoms with Gasteiger partial charge < -0.3 is 23.7 Å². The van der Waals surface area contributed by atoms with Crippen molar-refractivity contribution in [3.63, 3.8) is 0 Å². The normalized spacial score (nSPS) is 17.9. The molecule has 0 aromatic carbocycles. The van der Waals surface area contributed by atoms with Gasteiger partial charge in [0.1, 0.15) is 18.0 Å². The zero-order valence-corrected chi connectivity index (χ0v) is 18.7. The molecular weight excluding hydrogens is 469 g/mol. The molecule has 3 aromatic rings. The van der Waals surface area contributed by atoms with Gasteiger partial charge in [0.2, 0.25) is 17.5 Å². The number of aromatic nitrogens is 4. The molecule has 0 saturated carbocycles. The third-order valence-electron chi connectivity index (χ3n) is 6.02.